The van der Waals surface area contributed by atoms with E-state index in [-0.39, 0.29) is 12.0 Å². The van der Waals surface area contributed by atoms with Crippen LogP contribution in [0.5, 0.6) is 5.75 Å². The van der Waals surface area contributed by atoms with E-state index in [1.54, 1.807) is 0 Å². The summed E-state index contributed by atoms with van der Waals surface area (Å²) in [6.07, 6.45) is -5.16. The van der Waals surface area contributed by atoms with Gasteiger partial charge in [-0.15, -0.1) is 13.2 Å². The summed E-state index contributed by atoms with van der Waals surface area (Å²) in [4.78, 5) is 10.4. The Bertz CT molecular complexity index is 403. The van der Waals surface area contributed by atoms with Crippen LogP contribution in [0, 0.1) is 0 Å². The third-order valence-corrected chi connectivity index (χ3v) is 1.98. The number of carboxylic acid groups (broad SMARTS) is 1. The highest BCUT2D eigenvalue weighted by molar-refractivity contribution is 9.10. The third kappa shape index (κ3) is 4.52. The van der Waals surface area contributed by atoms with Crippen LogP contribution in [0.2, 0.25) is 0 Å². The van der Waals surface area contributed by atoms with Gasteiger partial charge < -0.3 is 9.84 Å². The summed E-state index contributed by atoms with van der Waals surface area (Å²) in [5.74, 6) is -1.57. The molecule has 0 heterocycles. The number of carbonyl (C=O) groups is 1. The lowest BCUT2D eigenvalue weighted by atomic mass is 10.1. The highest BCUT2D eigenvalue weighted by Gasteiger charge is 2.31. The van der Waals surface area contributed by atoms with Crippen LogP contribution in [0.25, 0.3) is 0 Å². The zero-order chi connectivity index (χ0) is 12.3. The highest BCUT2D eigenvalue weighted by atomic mass is 79.9. The lowest BCUT2D eigenvalue weighted by molar-refractivity contribution is -0.274. The smallest absolute Gasteiger partial charge is 0.481 e. The molecule has 0 radical (unpaired) electrons. The van der Waals surface area contributed by atoms with Gasteiger partial charge in [0.05, 0.1) is 6.42 Å². The van der Waals surface area contributed by atoms with Crippen LogP contribution in [0.3, 0.4) is 0 Å². The van der Waals surface area contributed by atoms with Crippen molar-refractivity contribution in [3.8, 4) is 5.75 Å². The van der Waals surface area contributed by atoms with Crippen LogP contribution in [0.4, 0.5) is 13.2 Å². The lowest BCUT2D eigenvalue weighted by Crippen LogP contribution is -2.17. The fraction of sp³-hybridized carbons (Fsp3) is 0.222. The molecule has 0 atom stereocenters. The first-order valence-electron chi connectivity index (χ1n) is 4.03. The average molecular weight is 299 g/mol. The molecule has 0 amide bonds. The van der Waals surface area contributed by atoms with Crippen molar-refractivity contribution in [3.63, 3.8) is 0 Å². The molecule has 0 bridgehead atoms. The van der Waals surface area contributed by atoms with E-state index in [1.165, 1.54) is 6.07 Å². The lowest BCUT2D eigenvalue weighted by Gasteiger charge is -2.10. The molecule has 0 saturated heterocycles. The van der Waals surface area contributed by atoms with Crippen molar-refractivity contribution in [3.05, 3.63) is 28.2 Å². The van der Waals surface area contributed by atoms with Crippen molar-refractivity contribution < 1.29 is 27.8 Å². The fourth-order valence-corrected chi connectivity index (χ4v) is 1.61. The SMILES string of the molecule is O=C(O)Cc1cc(Br)cc(OC(F)(F)F)c1. The van der Waals surface area contributed by atoms with E-state index in [4.69, 9.17) is 5.11 Å². The number of ether oxygens (including phenoxy) is 1. The maximum atomic E-state index is 11.9. The normalized spacial score (nSPS) is 11.2. The minimum absolute atomic E-state index is 0.223. The van der Waals surface area contributed by atoms with Crippen molar-refractivity contribution >= 4 is 21.9 Å². The van der Waals surface area contributed by atoms with Gasteiger partial charge in [0, 0.05) is 4.47 Å². The minimum Gasteiger partial charge on any atom is -0.481 e. The Morgan fingerprint density at radius 2 is 2.00 bits per heavy atom. The highest BCUT2D eigenvalue weighted by Crippen LogP contribution is 2.27. The van der Waals surface area contributed by atoms with E-state index in [0.29, 0.717) is 4.47 Å². The predicted octanol–water partition coefficient (Wildman–Crippen LogP) is 2.97. The van der Waals surface area contributed by atoms with Crippen LogP contribution < -0.4 is 4.74 Å². The molecule has 0 saturated carbocycles. The van der Waals surface area contributed by atoms with Crippen molar-refractivity contribution in [2.75, 3.05) is 0 Å². The van der Waals surface area contributed by atoms with Crippen molar-refractivity contribution in [1.29, 1.82) is 0 Å². The van der Waals surface area contributed by atoms with Gasteiger partial charge in [-0.05, 0) is 23.8 Å². The summed E-state index contributed by atoms with van der Waals surface area (Å²) in [7, 11) is 0. The zero-order valence-corrected chi connectivity index (χ0v) is 9.30. The number of hydrogen-bond donors (Lipinski definition) is 1. The van der Waals surface area contributed by atoms with E-state index in [9.17, 15) is 18.0 Å². The quantitative estimate of drug-likeness (QED) is 0.933. The molecule has 1 aromatic rings. The molecular formula is C9H6BrF3O3. The molecule has 0 aliphatic rings. The fourth-order valence-electron chi connectivity index (χ4n) is 1.09. The van der Waals surface area contributed by atoms with Gasteiger partial charge in [0.2, 0.25) is 0 Å². The number of hydrogen-bond acceptors (Lipinski definition) is 2. The molecular weight excluding hydrogens is 293 g/mol. The molecule has 3 nitrogen and oxygen atoms in total. The zero-order valence-electron chi connectivity index (χ0n) is 7.71. The second-order valence-electron chi connectivity index (χ2n) is 2.91. The summed E-state index contributed by atoms with van der Waals surface area (Å²) in [6.45, 7) is 0. The Balaban J connectivity index is 2.94. The monoisotopic (exact) mass is 298 g/mol. The van der Waals surface area contributed by atoms with Gasteiger partial charge in [-0.3, -0.25) is 4.79 Å². The van der Waals surface area contributed by atoms with E-state index < -0.39 is 18.1 Å². The first kappa shape index (κ1) is 12.8. The van der Waals surface area contributed by atoms with E-state index in [0.717, 1.165) is 12.1 Å². The van der Waals surface area contributed by atoms with Crippen molar-refractivity contribution in [2.24, 2.45) is 0 Å². The van der Waals surface area contributed by atoms with E-state index in [1.807, 2.05) is 0 Å². The topological polar surface area (TPSA) is 46.5 Å². The van der Waals surface area contributed by atoms with Crippen molar-refractivity contribution in [2.45, 2.75) is 12.8 Å². The van der Waals surface area contributed by atoms with E-state index in [2.05, 4.69) is 20.7 Å². The third-order valence-electron chi connectivity index (χ3n) is 1.52. The Labute approximate surface area is 97.0 Å². The summed E-state index contributed by atoms with van der Waals surface area (Å²) >= 11 is 2.97. The molecule has 0 spiro atoms. The number of halogens is 4. The minimum atomic E-state index is -4.79. The van der Waals surface area contributed by atoms with Crippen LogP contribution in [-0.4, -0.2) is 17.4 Å². The van der Waals surface area contributed by atoms with Gasteiger partial charge in [-0.2, -0.15) is 0 Å². The van der Waals surface area contributed by atoms with Gasteiger partial charge in [-0.1, -0.05) is 15.9 Å². The number of aliphatic carboxylic acids is 1. The second kappa shape index (κ2) is 4.73. The van der Waals surface area contributed by atoms with Crippen LogP contribution in [0.15, 0.2) is 22.7 Å². The Morgan fingerprint density at radius 3 is 2.50 bits per heavy atom. The molecule has 0 aromatic heterocycles. The Hall–Kier alpha value is -1.24. The van der Waals surface area contributed by atoms with Crippen LogP contribution in [-0.2, 0) is 11.2 Å². The maximum Gasteiger partial charge on any atom is 0.573 e. The molecule has 0 fully saturated rings. The molecule has 1 N–H and O–H groups in total. The second-order valence-corrected chi connectivity index (χ2v) is 3.83. The van der Waals surface area contributed by atoms with Crippen LogP contribution in [0.1, 0.15) is 5.56 Å². The first-order chi connectivity index (χ1) is 7.26. The number of carboxylic acids is 1. The first-order valence-corrected chi connectivity index (χ1v) is 4.82. The number of rotatable bonds is 3. The van der Waals surface area contributed by atoms with E-state index >= 15 is 0 Å². The molecule has 0 aliphatic heterocycles. The molecule has 0 aliphatic carbocycles. The molecule has 1 rings (SSSR count). The predicted molar refractivity (Wildman–Crippen MR) is 52.2 cm³/mol. The molecule has 88 valence electrons. The van der Waals surface area contributed by atoms with Gasteiger partial charge >= 0.3 is 12.3 Å². The average Bonchev–Trinajstić information content (AvgIpc) is 1.96. The van der Waals surface area contributed by atoms with Gasteiger partial charge in [0.1, 0.15) is 5.75 Å². The van der Waals surface area contributed by atoms with Gasteiger partial charge in [0.25, 0.3) is 0 Å². The number of benzene rings is 1. The van der Waals surface area contributed by atoms with Crippen LogP contribution >= 0.6 is 15.9 Å². The molecule has 7 heteroatoms. The summed E-state index contributed by atoms with van der Waals surface area (Å²) < 4.78 is 39.7. The maximum absolute atomic E-state index is 11.9. The standard InChI is InChI=1S/C9H6BrF3O3/c10-6-1-5(3-8(14)15)2-7(4-6)16-9(11,12)13/h1-2,4H,3H2,(H,14,15). The van der Waals surface area contributed by atoms with Crippen molar-refractivity contribution in [1.82, 2.24) is 0 Å². The van der Waals surface area contributed by atoms with Gasteiger partial charge in [0.15, 0.2) is 0 Å². The summed E-state index contributed by atoms with van der Waals surface area (Å²) in [6, 6.07) is 3.56. The summed E-state index contributed by atoms with van der Waals surface area (Å²) in [5, 5.41) is 8.50. The molecule has 16 heavy (non-hydrogen) atoms. The summed E-state index contributed by atoms with van der Waals surface area (Å²) in [5.41, 5.74) is 0.223. The molecule has 0 unspecified atom stereocenters. The Morgan fingerprint density at radius 1 is 1.38 bits per heavy atom. The number of alkyl halides is 3. The largest absolute Gasteiger partial charge is 0.573 e. The molecule has 1 aromatic carbocycles. The van der Waals surface area contributed by atoms with Gasteiger partial charge in [-0.25, -0.2) is 0 Å². The Kier molecular flexibility index (Phi) is 3.79.